The van der Waals surface area contributed by atoms with Crippen LogP contribution in [0.1, 0.15) is 43.6 Å². The average Bonchev–Trinajstić information content (AvgIpc) is 2.74. The van der Waals surface area contributed by atoms with Gasteiger partial charge >= 0.3 is 5.97 Å². The van der Waals surface area contributed by atoms with Gasteiger partial charge in [0.1, 0.15) is 0 Å². The summed E-state index contributed by atoms with van der Waals surface area (Å²) in [6, 6.07) is 0. The molecular formula is C16H29N5O2. The van der Waals surface area contributed by atoms with Crippen LogP contribution in [0.5, 0.6) is 0 Å². The number of guanidine groups is 1. The van der Waals surface area contributed by atoms with Crippen molar-refractivity contribution in [2.24, 2.45) is 12.0 Å². The molecule has 2 N–H and O–H groups in total. The number of hydrogen-bond acceptors (Lipinski definition) is 4. The van der Waals surface area contributed by atoms with E-state index in [0.717, 1.165) is 29.5 Å². The molecule has 0 aliphatic heterocycles. The fourth-order valence-electron chi connectivity index (χ4n) is 2.22. The highest BCUT2D eigenvalue weighted by Crippen LogP contribution is 2.12. The molecule has 1 aromatic rings. The molecule has 1 aromatic heterocycles. The number of carbonyl (C=O) groups is 1. The average molecular weight is 323 g/mol. The van der Waals surface area contributed by atoms with E-state index in [1.807, 2.05) is 39.4 Å². The van der Waals surface area contributed by atoms with Crippen molar-refractivity contribution in [2.75, 3.05) is 19.7 Å². The van der Waals surface area contributed by atoms with Crippen molar-refractivity contribution in [3.63, 3.8) is 0 Å². The van der Waals surface area contributed by atoms with Crippen LogP contribution in [0.2, 0.25) is 0 Å². The highest BCUT2D eigenvalue weighted by atomic mass is 16.5. The van der Waals surface area contributed by atoms with E-state index in [4.69, 9.17) is 4.74 Å². The van der Waals surface area contributed by atoms with Gasteiger partial charge in [0.15, 0.2) is 5.96 Å². The Kier molecular flexibility index (Phi) is 8.15. The van der Waals surface area contributed by atoms with Crippen molar-refractivity contribution >= 4 is 11.9 Å². The lowest BCUT2D eigenvalue weighted by molar-refractivity contribution is -0.143. The van der Waals surface area contributed by atoms with Crippen LogP contribution < -0.4 is 10.6 Å². The fraction of sp³-hybridized carbons (Fsp3) is 0.688. The van der Waals surface area contributed by atoms with Gasteiger partial charge < -0.3 is 15.4 Å². The van der Waals surface area contributed by atoms with E-state index in [1.54, 1.807) is 0 Å². The quantitative estimate of drug-likeness (QED) is 0.327. The number of aryl methyl sites for hydroxylation is 2. The number of rotatable bonds is 8. The Labute approximate surface area is 138 Å². The SMILES string of the molecule is CCNC(=NCc1c(C)nn(C)c1C)NCCCC(=O)OCC. The van der Waals surface area contributed by atoms with E-state index in [0.29, 0.717) is 32.5 Å². The second kappa shape index (κ2) is 9.86. The summed E-state index contributed by atoms with van der Waals surface area (Å²) in [6.45, 7) is 10.4. The number of nitrogens with one attached hydrogen (secondary N) is 2. The Hall–Kier alpha value is -2.05. The van der Waals surface area contributed by atoms with E-state index in [9.17, 15) is 4.79 Å². The minimum absolute atomic E-state index is 0.155. The molecule has 0 fully saturated rings. The Morgan fingerprint density at radius 1 is 1.30 bits per heavy atom. The Balaban J connectivity index is 2.52. The summed E-state index contributed by atoms with van der Waals surface area (Å²) < 4.78 is 6.78. The molecule has 0 saturated heterocycles. The Morgan fingerprint density at radius 3 is 2.61 bits per heavy atom. The van der Waals surface area contributed by atoms with Crippen LogP contribution in [0.3, 0.4) is 0 Å². The van der Waals surface area contributed by atoms with Gasteiger partial charge in [-0.25, -0.2) is 4.99 Å². The first kappa shape index (κ1) is 19.0. The summed E-state index contributed by atoms with van der Waals surface area (Å²) in [5, 5.41) is 10.8. The monoisotopic (exact) mass is 323 g/mol. The molecule has 0 radical (unpaired) electrons. The summed E-state index contributed by atoms with van der Waals surface area (Å²) in [5.74, 6) is 0.594. The highest BCUT2D eigenvalue weighted by Gasteiger charge is 2.09. The predicted octanol–water partition coefficient (Wildman–Crippen LogP) is 1.44. The highest BCUT2D eigenvalue weighted by molar-refractivity contribution is 5.79. The molecule has 130 valence electrons. The zero-order valence-electron chi connectivity index (χ0n) is 14.9. The maximum atomic E-state index is 11.3. The third-order valence-electron chi connectivity index (χ3n) is 3.55. The summed E-state index contributed by atoms with van der Waals surface area (Å²) in [6.07, 6.45) is 1.13. The molecule has 0 spiro atoms. The fourth-order valence-corrected chi connectivity index (χ4v) is 2.22. The number of aromatic nitrogens is 2. The predicted molar refractivity (Wildman–Crippen MR) is 91.4 cm³/mol. The molecule has 0 saturated carbocycles. The molecule has 0 unspecified atom stereocenters. The standard InChI is InChI=1S/C16H29N5O2/c1-6-17-16(18-10-8-9-15(22)23-7-2)19-11-14-12(3)20-21(5)13(14)4/h6-11H2,1-5H3,(H2,17,18,19). The van der Waals surface area contributed by atoms with Crippen molar-refractivity contribution in [3.8, 4) is 0 Å². The normalized spacial score (nSPS) is 11.4. The number of ether oxygens (including phenoxy) is 1. The summed E-state index contributed by atoms with van der Waals surface area (Å²) in [4.78, 5) is 15.9. The van der Waals surface area contributed by atoms with E-state index >= 15 is 0 Å². The largest absolute Gasteiger partial charge is 0.466 e. The van der Waals surface area contributed by atoms with Crippen molar-refractivity contribution in [3.05, 3.63) is 17.0 Å². The number of hydrogen-bond donors (Lipinski definition) is 2. The third kappa shape index (κ3) is 6.30. The Morgan fingerprint density at radius 2 is 2.04 bits per heavy atom. The van der Waals surface area contributed by atoms with E-state index in [-0.39, 0.29) is 5.97 Å². The van der Waals surface area contributed by atoms with Gasteiger partial charge in [-0.2, -0.15) is 5.10 Å². The van der Waals surface area contributed by atoms with Crippen LogP contribution in [0, 0.1) is 13.8 Å². The van der Waals surface area contributed by atoms with E-state index in [2.05, 4.69) is 20.7 Å². The second-order valence-corrected chi connectivity index (χ2v) is 5.30. The summed E-state index contributed by atoms with van der Waals surface area (Å²) in [7, 11) is 1.94. The zero-order valence-corrected chi connectivity index (χ0v) is 14.9. The van der Waals surface area contributed by atoms with Crippen LogP contribution in [-0.4, -0.2) is 41.4 Å². The number of nitrogens with zero attached hydrogens (tertiary/aromatic N) is 3. The molecule has 0 atom stereocenters. The van der Waals surface area contributed by atoms with Crippen LogP contribution in [-0.2, 0) is 23.1 Å². The number of esters is 1. The molecule has 1 heterocycles. The van der Waals surface area contributed by atoms with Gasteiger partial charge in [0, 0.05) is 37.8 Å². The maximum Gasteiger partial charge on any atom is 0.305 e. The van der Waals surface area contributed by atoms with Gasteiger partial charge in [0.2, 0.25) is 0 Å². The number of aliphatic imine (C=N–C) groups is 1. The molecule has 7 nitrogen and oxygen atoms in total. The van der Waals surface area contributed by atoms with Gasteiger partial charge in [0.25, 0.3) is 0 Å². The van der Waals surface area contributed by atoms with Crippen molar-refractivity contribution in [1.29, 1.82) is 0 Å². The lowest BCUT2D eigenvalue weighted by atomic mass is 10.2. The first-order valence-electron chi connectivity index (χ1n) is 8.16. The van der Waals surface area contributed by atoms with Crippen LogP contribution in [0.15, 0.2) is 4.99 Å². The second-order valence-electron chi connectivity index (χ2n) is 5.30. The molecule has 0 aromatic carbocycles. The zero-order chi connectivity index (χ0) is 17.2. The Bertz CT molecular complexity index is 537. The van der Waals surface area contributed by atoms with Crippen LogP contribution >= 0.6 is 0 Å². The molecule has 0 amide bonds. The third-order valence-corrected chi connectivity index (χ3v) is 3.55. The van der Waals surface area contributed by atoms with Crippen molar-refractivity contribution in [1.82, 2.24) is 20.4 Å². The van der Waals surface area contributed by atoms with Gasteiger partial charge in [-0.3, -0.25) is 9.48 Å². The minimum atomic E-state index is -0.155. The van der Waals surface area contributed by atoms with Crippen molar-refractivity contribution in [2.45, 2.75) is 47.1 Å². The molecule has 7 heteroatoms. The van der Waals surface area contributed by atoms with Gasteiger partial charge in [0.05, 0.1) is 18.8 Å². The lowest BCUT2D eigenvalue weighted by Crippen LogP contribution is -2.37. The van der Waals surface area contributed by atoms with E-state index in [1.165, 1.54) is 0 Å². The van der Waals surface area contributed by atoms with Gasteiger partial charge in [-0.05, 0) is 34.1 Å². The lowest BCUT2D eigenvalue weighted by Gasteiger charge is -2.11. The first-order valence-corrected chi connectivity index (χ1v) is 8.16. The van der Waals surface area contributed by atoms with Crippen molar-refractivity contribution < 1.29 is 9.53 Å². The number of carbonyl (C=O) groups excluding carboxylic acids is 1. The van der Waals surface area contributed by atoms with Gasteiger partial charge in [-0.15, -0.1) is 0 Å². The summed E-state index contributed by atoms with van der Waals surface area (Å²) >= 11 is 0. The van der Waals surface area contributed by atoms with Gasteiger partial charge in [-0.1, -0.05) is 0 Å². The first-order chi connectivity index (χ1) is 11.0. The molecule has 0 bridgehead atoms. The topological polar surface area (TPSA) is 80.5 Å². The molecule has 1 rings (SSSR count). The molecule has 0 aliphatic rings. The minimum Gasteiger partial charge on any atom is -0.466 e. The maximum absolute atomic E-state index is 11.3. The molecule has 0 aliphatic carbocycles. The summed E-state index contributed by atoms with van der Waals surface area (Å²) in [5.41, 5.74) is 3.28. The van der Waals surface area contributed by atoms with Crippen LogP contribution in [0.4, 0.5) is 0 Å². The van der Waals surface area contributed by atoms with E-state index < -0.39 is 0 Å². The van der Waals surface area contributed by atoms with Crippen LogP contribution in [0.25, 0.3) is 0 Å². The molecular weight excluding hydrogens is 294 g/mol. The molecule has 23 heavy (non-hydrogen) atoms. The smallest absolute Gasteiger partial charge is 0.305 e.